The number of sulfone groups is 1. The molecule has 1 aliphatic rings. The molecule has 0 radical (unpaired) electrons. The molecule has 0 fully saturated rings. The molecule has 3 rings (SSSR count). The maximum absolute atomic E-state index is 12.9. The first-order chi connectivity index (χ1) is 13.3. The van der Waals surface area contributed by atoms with Gasteiger partial charge in [-0.3, -0.25) is 9.59 Å². The zero-order valence-corrected chi connectivity index (χ0v) is 17.3. The molecule has 0 aromatic heterocycles. The van der Waals surface area contributed by atoms with E-state index < -0.39 is 15.1 Å². The van der Waals surface area contributed by atoms with Gasteiger partial charge in [-0.2, -0.15) is 0 Å². The fourth-order valence-corrected chi connectivity index (χ4v) is 5.14. The molecule has 2 aromatic rings. The molecule has 28 heavy (non-hydrogen) atoms. The third-order valence-electron chi connectivity index (χ3n) is 4.55. The zero-order valence-electron chi connectivity index (χ0n) is 15.6. The summed E-state index contributed by atoms with van der Waals surface area (Å²) in [6, 6.07) is 14.1. The van der Waals surface area contributed by atoms with Crippen molar-refractivity contribution in [3.05, 3.63) is 54.1 Å². The Hall–Kier alpha value is -2.32. The predicted octanol–water partition coefficient (Wildman–Crippen LogP) is 2.99. The van der Waals surface area contributed by atoms with Gasteiger partial charge in [-0.1, -0.05) is 30.3 Å². The average molecular weight is 419 g/mol. The molecule has 8 heteroatoms. The summed E-state index contributed by atoms with van der Waals surface area (Å²) in [5.74, 6) is -0.476. The molecule has 2 N–H and O–H groups in total. The van der Waals surface area contributed by atoms with E-state index in [1.165, 1.54) is 30.8 Å². The summed E-state index contributed by atoms with van der Waals surface area (Å²) in [4.78, 5) is 25.0. The Morgan fingerprint density at radius 3 is 2.64 bits per heavy atom. The van der Waals surface area contributed by atoms with E-state index in [2.05, 4.69) is 10.6 Å². The highest BCUT2D eigenvalue weighted by Crippen LogP contribution is 2.37. The highest BCUT2D eigenvalue weighted by molar-refractivity contribution is 8.01. The molecule has 148 valence electrons. The Morgan fingerprint density at radius 2 is 1.93 bits per heavy atom. The summed E-state index contributed by atoms with van der Waals surface area (Å²) in [5, 5.41) is 4.38. The van der Waals surface area contributed by atoms with Crippen molar-refractivity contribution in [1.82, 2.24) is 5.32 Å². The number of carbonyl (C=O) groups is 2. The maximum Gasteiger partial charge on any atom is 0.237 e. The molecular weight excluding hydrogens is 396 g/mol. The predicted molar refractivity (Wildman–Crippen MR) is 110 cm³/mol. The number of thioether (sulfide) groups is 1. The minimum atomic E-state index is -3.70. The number of anilines is 1. The fourth-order valence-electron chi connectivity index (χ4n) is 2.84. The lowest BCUT2D eigenvalue weighted by molar-refractivity contribution is -0.121. The van der Waals surface area contributed by atoms with Crippen LogP contribution in [0.5, 0.6) is 0 Å². The maximum atomic E-state index is 12.9. The molecular formula is C20H22N2O4S2. The number of hydrogen-bond donors (Lipinski definition) is 2. The summed E-state index contributed by atoms with van der Waals surface area (Å²) in [5.41, 5.74) is 1.44. The standard InChI is InChI=1S/C20H22N2O4S2/c1-13(10-19(23)21-12-15-6-4-3-5-7-15)28(25,26)16-8-9-18-17(11-16)22-20(24)14(2)27-18/h3-9,11,13-14H,10,12H2,1-2H3,(H,21,23)(H,22,24)/t13-,14-/m0/s1. The second-order valence-corrected chi connectivity index (χ2v) is 10.5. The van der Waals surface area contributed by atoms with Crippen LogP contribution in [-0.4, -0.2) is 30.7 Å². The van der Waals surface area contributed by atoms with Gasteiger partial charge in [0.05, 0.1) is 21.1 Å². The lowest BCUT2D eigenvalue weighted by Crippen LogP contribution is -2.30. The number of nitrogens with one attached hydrogen (secondary N) is 2. The smallest absolute Gasteiger partial charge is 0.237 e. The van der Waals surface area contributed by atoms with Crippen molar-refractivity contribution in [1.29, 1.82) is 0 Å². The summed E-state index contributed by atoms with van der Waals surface area (Å²) in [6.07, 6.45) is -0.135. The molecule has 1 aliphatic heterocycles. The fraction of sp³-hybridized carbons (Fsp3) is 0.300. The van der Waals surface area contributed by atoms with E-state index in [1.54, 1.807) is 13.0 Å². The molecule has 6 nitrogen and oxygen atoms in total. The summed E-state index contributed by atoms with van der Waals surface area (Å²) < 4.78 is 25.7. The Balaban J connectivity index is 1.67. The first kappa shape index (κ1) is 20.4. The summed E-state index contributed by atoms with van der Waals surface area (Å²) in [7, 11) is -3.70. The van der Waals surface area contributed by atoms with Gasteiger partial charge in [-0.15, -0.1) is 11.8 Å². The van der Waals surface area contributed by atoms with Crippen LogP contribution in [0.1, 0.15) is 25.8 Å². The van der Waals surface area contributed by atoms with Crippen LogP contribution < -0.4 is 10.6 Å². The number of benzene rings is 2. The first-order valence-corrected chi connectivity index (χ1v) is 11.4. The average Bonchev–Trinajstić information content (AvgIpc) is 2.67. The van der Waals surface area contributed by atoms with Gasteiger partial charge in [0.1, 0.15) is 0 Å². The lowest BCUT2D eigenvalue weighted by Gasteiger charge is -2.22. The van der Waals surface area contributed by atoms with Crippen molar-refractivity contribution >= 4 is 39.1 Å². The molecule has 0 spiro atoms. The van der Waals surface area contributed by atoms with E-state index >= 15 is 0 Å². The van der Waals surface area contributed by atoms with Crippen molar-refractivity contribution < 1.29 is 18.0 Å². The number of amides is 2. The molecule has 0 bridgehead atoms. The van der Waals surface area contributed by atoms with Gasteiger partial charge in [0, 0.05) is 17.9 Å². The van der Waals surface area contributed by atoms with Gasteiger partial charge >= 0.3 is 0 Å². The quantitative estimate of drug-likeness (QED) is 0.752. The van der Waals surface area contributed by atoms with E-state index in [0.717, 1.165) is 10.5 Å². The minimum Gasteiger partial charge on any atom is -0.352 e. The third-order valence-corrected chi connectivity index (χ3v) is 7.86. The minimum absolute atomic E-state index is 0.102. The van der Waals surface area contributed by atoms with Crippen LogP contribution in [0.25, 0.3) is 0 Å². The van der Waals surface area contributed by atoms with Gasteiger partial charge in [0.25, 0.3) is 0 Å². The van der Waals surface area contributed by atoms with Gasteiger partial charge in [0.2, 0.25) is 11.8 Å². The van der Waals surface area contributed by atoms with Crippen LogP contribution >= 0.6 is 11.8 Å². The van der Waals surface area contributed by atoms with Crippen LogP contribution in [0.3, 0.4) is 0 Å². The number of hydrogen-bond acceptors (Lipinski definition) is 5. The molecule has 2 atom stereocenters. The highest BCUT2D eigenvalue weighted by atomic mass is 32.2. The second-order valence-electron chi connectivity index (χ2n) is 6.73. The Bertz CT molecular complexity index is 991. The third kappa shape index (κ3) is 4.56. The number of carbonyl (C=O) groups excluding carboxylic acids is 2. The Kier molecular flexibility index (Phi) is 6.10. The van der Waals surface area contributed by atoms with Crippen LogP contribution in [0.4, 0.5) is 5.69 Å². The van der Waals surface area contributed by atoms with Crippen LogP contribution in [-0.2, 0) is 26.0 Å². The summed E-state index contributed by atoms with van der Waals surface area (Å²) in [6.45, 7) is 3.67. The molecule has 0 aliphatic carbocycles. The van der Waals surface area contributed by atoms with E-state index in [0.29, 0.717) is 12.2 Å². The van der Waals surface area contributed by atoms with Crippen molar-refractivity contribution in [2.45, 2.75) is 47.1 Å². The van der Waals surface area contributed by atoms with Crippen molar-refractivity contribution in [2.24, 2.45) is 0 Å². The molecule has 0 saturated carbocycles. The monoisotopic (exact) mass is 418 g/mol. The van der Waals surface area contributed by atoms with E-state index in [9.17, 15) is 18.0 Å². The SMILES string of the molecule is C[C@@H]1Sc2ccc(S(=O)(=O)[C@@H](C)CC(=O)NCc3ccccc3)cc2NC1=O. The van der Waals surface area contributed by atoms with E-state index in [4.69, 9.17) is 0 Å². The topological polar surface area (TPSA) is 92.3 Å². The highest BCUT2D eigenvalue weighted by Gasteiger charge is 2.29. The largest absolute Gasteiger partial charge is 0.352 e. The molecule has 2 aromatic carbocycles. The van der Waals surface area contributed by atoms with Crippen molar-refractivity contribution in [3.63, 3.8) is 0 Å². The van der Waals surface area contributed by atoms with Crippen LogP contribution in [0.15, 0.2) is 58.3 Å². The molecule has 1 heterocycles. The normalized spacial score (nSPS) is 17.4. The molecule has 2 amide bonds. The van der Waals surface area contributed by atoms with Gasteiger partial charge < -0.3 is 10.6 Å². The molecule has 0 saturated heterocycles. The van der Waals surface area contributed by atoms with Gasteiger partial charge in [-0.05, 0) is 37.6 Å². The van der Waals surface area contributed by atoms with Gasteiger partial charge in [-0.25, -0.2) is 8.42 Å². The van der Waals surface area contributed by atoms with E-state index in [-0.39, 0.29) is 28.4 Å². The van der Waals surface area contributed by atoms with Crippen molar-refractivity contribution in [3.8, 4) is 0 Å². The zero-order chi connectivity index (χ0) is 20.3. The second kappa shape index (κ2) is 8.36. The van der Waals surface area contributed by atoms with Gasteiger partial charge in [0.15, 0.2) is 9.84 Å². The van der Waals surface area contributed by atoms with Crippen molar-refractivity contribution in [2.75, 3.05) is 5.32 Å². The Morgan fingerprint density at radius 1 is 1.21 bits per heavy atom. The number of fused-ring (bicyclic) bond motifs is 1. The lowest BCUT2D eigenvalue weighted by atomic mass is 10.2. The van der Waals surface area contributed by atoms with Crippen LogP contribution in [0, 0.1) is 0 Å². The Labute approximate surface area is 169 Å². The summed E-state index contributed by atoms with van der Waals surface area (Å²) >= 11 is 1.39. The van der Waals surface area contributed by atoms with E-state index in [1.807, 2.05) is 30.3 Å². The molecule has 0 unspecified atom stereocenters. The first-order valence-electron chi connectivity index (χ1n) is 8.93. The number of rotatable bonds is 6. The van der Waals surface area contributed by atoms with Crippen LogP contribution in [0.2, 0.25) is 0 Å².